The van der Waals surface area contributed by atoms with Crippen LogP contribution in [0.25, 0.3) is 0 Å². The van der Waals surface area contributed by atoms with E-state index in [1.165, 1.54) is 0 Å². The Bertz CT molecular complexity index is 929. The van der Waals surface area contributed by atoms with E-state index >= 15 is 0 Å². The number of nitrogens with two attached hydrogens (primary N) is 1. The zero-order chi connectivity index (χ0) is 22.3. The van der Waals surface area contributed by atoms with Gasteiger partial charge in [0.1, 0.15) is 5.75 Å². The number of hydrogen-bond donors (Lipinski definition) is 3. The third-order valence-electron chi connectivity index (χ3n) is 7.21. The first-order chi connectivity index (χ1) is 14.2. The lowest BCUT2D eigenvalue weighted by atomic mass is 9.51. The molecule has 30 heavy (non-hydrogen) atoms. The van der Waals surface area contributed by atoms with Crippen LogP contribution in [0, 0.1) is 5.41 Å². The molecule has 0 bridgehead atoms. The van der Waals surface area contributed by atoms with Gasteiger partial charge in [-0.2, -0.15) is 0 Å². The summed E-state index contributed by atoms with van der Waals surface area (Å²) in [6, 6.07) is 13.3. The van der Waals surface area contributed by atoms with Gasteiger partial charge in [0.05, 0.1) is 5.54 Å². The average Bonchev–Trinajstić information content (AvgIpc) is 2.89. The Morgan fingerprint density at radius 1 is 1.13 bits per heavy atom. The van der Waals surface area contributed by atoms with Crippen molar-refractivity contribution in [3.05, 3.63) is 75.9 Å². The largest absolute Gasteiger partial charge is 0.508 e. The molecule has 2 aromatic carbocycles. The molecule has 5 unspecified atom stereocenters. The Kier molecular flexibility index (Phi) is 6.48. The van der Waals surface area contributed by atoms with Crippen LogP contribution in [0.2, 0.25) is 10.0 Å². The van der Waals surface area contributed by atoms with Crippen molar-refractivity contribution in [1.29, 1.82) is 0 Å². The number of rotatable bonds is 2. The number of hydrogen-bond acceptors (Lipinski definition) is 3. The highest BCUT2D eigenvalue weighted by Gasteiger charge is 2.64. The maximum Gasteiger partial charge on any atom is 0.117 e. The van der Waals surface area contributed by atoms with Crippen LogP contribution in [0.5, 0.6) is 5.75 Å². The van der Waals surface area contributed by atoms with Crippen LogP contribution in [0.3, 0.4) is 0 Å². The van der Waals surface area contributed by atoms with Gasteiger partial charge in [-0.1, -0.05) is 68.8 Å². The summed E-state index contributed by atoms with van der Waals surface area (Å²) in [6.45, 7) is 12.7. The summed E-state index contributed by atoms with van der Waals surface area (Å²) < 4.78 is 0. The van der Waals surface area contributed by atoms with E-state index in [1.54, 1.807) is 12.1 Å². The Balaban J connectivity index is 0.00000124. The van der Waals surface area contributed by atoms with E-state index < -0.39 is 5.54 Å². The van der Waals surface area contributed by atoms with Gasteiger partial charge in [0.15, 0.2) is 0 Å². The maximum absolute atomic E-state index is 9.82. The van der Waals surface area contributed by atoms with Crippen molar-refractivity contribution in [3.8, 4) is 5.75 Å². The highest BCUT2D eigenvalue weighted by molar-refractivity contribution is 6.31. The zero-order valence-electron chi connectivity index (χ0n) is 18.2. The lowest BCUT2D eigenvalue weighted by Crippen LogP contribution is -2.64. The second-order valence-electron chi connectivity index (χ2n) is 8.49. The molecule has 0 spiro atoms. The van der Waals surface area contributed by atoms with Crippen LogP contribution >= 0.6 is 23.2 Å². The molecule has 1 saturated heterocycles. The van der Waals surface area contributed by atoms with E-state index in [4.69, 9.17) is 28.9 Å². The molecule has 5 heteroatoms. The van der Waals surface area contributed by atoms with Crippen LogP contribution in [0.1, 0.15) is 63.5 Å². The van der Waals surface area contributed by atoms with E-state index in [9.17, 15) is 5.11 Å². The molecule has 1 heterocycles. The fourth-order valence-corrected chi connectivity index (χ4v) is 5.97. The Morgan fingerprint density at radius 3 is 2.37 bits per heavy atom. The number of phenols is 1. The van der Waals surface area contributed by atoms with Gasteiger partial charge in [0.2, 0.25) is 0 Å². The molecule has 0 radical (unpaired) electrons. The van der Waals surface area contributed by atoms with E-state index in [0.29, 0.717) is 10.0 Å². The molecule has 1 aliphatic heterocycles. The normalized spacial score (nSPS) is 32.6. The maximum atomic E-state index is 9.82. The number of halogens is 2. The van der Waals surface area contributed by atoms with Crippen LogP contribution in [0.4, 0.5) is 0 Å². The lowest BCUT2D eigenvalue weighted by molar-refractivity contribution is 0.0905. The average molecular weight is 447 g/mol. The van der Waals surface area contributed by atoms with Gasteiger partial charge in [-0.15, -0.1) is 0 Å². The first kappa shape index (κ1) is 23.0. The number of nitrogens with one attached hydrogen (secondary N) is 1. The van der Waals surface area contributed by atoms with E-state index in [-0.39, 0.29) is 29.0 Å². The highest BCUT2D eigenvalue weighted by Crippen LogP contribution is 2.62. The van der Waals surface area contributed by atoms with Gasteiger partial charge in [-0.05, 0) is 61.1 Å². The fourth-order valence-electron chi connectivity index (χ4n) is 5.53. The van der Waals surface area contributed by atoms with Crippen molar-refractivity contribution >= 4 is 23.2 Å². The molecule has 3 nitrogen and oxygen atoms in total. The minimum Gasteiger partial charge on any atom is -0.508 e. The SMILES string of the molecule is C=C1NC(C)C2(N)C(c3ccc(Cl)cc3)C(c3ccc(O)cc3Cl)CCC12C.CC. The predicted octanol–water partition coefficient (Wildman–Crippen LogP) is 6.60. The fraction of sp³-hybridized carbons (Fsp3) is 0.440. The molecule has 5 atom stereocenters. The van der Waals surface area contributed by atoms with Gasteiger partial charge in [0.25, 0.3) is 0 Å². The molecule has 0 amide bonds. The molecule has 4 N–H and O–H groups in total. The van der Waals surface area contributed by atoms with E-state index in [0.717, 1.165) is 29.7 Å². The molecule has 2 aromatic rings. The van der Waals surface area contributed by atoms with Gasteiger partial charge >= 0.3 is 0 Å². The van der Waals surface area contributed by atoms with Crippen molar-refractivity contribution in [1.82, 2.24) is 5.32 Å². The molecule has 0 aromatic heterocycles. The van der Waals surface area contributed by atoms with Crippen LogP contribution in [-0.4, -0.2) is 16.7 Å². The van der Waals surface area contributed by atoms with Crippen LogP contribution < -0.4 is 11.1 Å². The predicted molar refractivity (Wildman–Crippen MR) is 127 cm³/mol. The topological polar surface area (TPSA) is 58.3 Å². The van der Waals surface area contributed by atoms with E-state index in [1.807, 2.05) is 32.0 Å². The first-order valence-electron chi connectivity index (χ1n) is 10.7. The Hall–Kier alpha value is -1.68. The summed E-state index contributed by atoms with van der Waals surface area (Å²) in [4.78, 5) is 0. The molecule has 162 valence electrons. The molecule has 1 aliphatic carbocycles. The second kappa shape index (κ2) is 8.45. The molecular formula is C25H32Cl2N2O. The van der Waals surface area contributed by atoms with Crippen molar-refractivity contribution in [2.45, 2.75) is 64.0 Å². The molecule has 1 saturated carbocycles. The Morgan fingerprint density at radius 2 is 1.77 bits per heavy atom. The summed E-state index contributed by atoms with van der Waals surface area (Å²) >= 11 is 12.7. The number of fused-ring (bicyclic) bond motifs is 1. The van der Waals surface area contributed by atoms with Crippen LogP contribution in [0.15, 0.2) is 54.7 Å². The molecule has 4 rings (SSSR count). The quantitative estimate of drug-likeness (QED) is 0.486. The van der Waals surface area contributed by atoms with E-state index in [2.05, 4.69) is 37.9 Å². The monoisotopic (exact) mass is 446 g/mol. The molecular weight excluding hydrogens is 415 g/mol. The van der Waals surface area contributed by atoms with Crippen molar-refractivity contribution in [2.24, 2.45) is 11.1 Å². The number of phenolic OH excluding ortho intramolecular Hbond substituents is 1. The molecule has 2 fully saturated rings. The summed E-state index contributed by atoms with van der Waals surface area (Å²) in [5, 5.41) is 14.6. The van der Waals surface area contributed by atoms with Gasteiger partial charge in [0, 0.05) is 33.1 Å². The number of benzene rings is 2. The summed E-state index contributed by atoms with van der Waals surface area (Å²) in [7, 11) is 0. The summed E-state index contributed by atoms with van der Waals surface area (Å²) in [5.74, 6) is 0.319. The van der Waals surface area contributed by atoms with Crippen LogP contribution in [-0.2, 0) is 0 Å². The summed E-state index contributed by atoms with van der Waals surface area (Å²) in [5.41, 5.74) is 9.72. The Labute approximate surface area is 190 Å². The third-order valence-corrected chi connectivity index (χ3v) is 7.79. The second-order valence-corrected chi connectivity index (χ2v) is 9.33. The van der Waals surface area contributed by atoms with Gasteiger partial charge < -0.3 is 16.2 Å². The van der Waals surface area contributed by atoms with Crippen molar-refractivity contribution < 1.29 is 5.11 Å². The minimum absolute atomic E-state index is 0.0207. The summed E-state index contributed by atoms with van der Waals surface area (Å²) in [6.07, 6.45) is 1.85. The van der Waals surface area contributed by atoms with Gasteiger partial charge in [-0.3, -0.25) is 0 Å². The molecule has 2 aliphatic rings. The highest BCUT2D eigenvalue weighted by atomic mass is 35.5. The zero-order valence-corrected chi connectivity index (χ0v) is 19.7. The minimum atomic E-state index is -0.540. The van der Waals surface area contributed by atoms with Gasteiger partial charge in [-0.25, -0.2) is 0 Å². The lowest BCUT2D eigenvalue weighted by Gasteiger charge is -2.55. The van der Waals surface area contributed by atoms with Crippen molar-refractivity contribution in [3.63, 3.8) is 0 Å². The number of aromatic hydroxyl groups is 1. The van der Waals surface area contributed by atoms with Crippen molar-refractivity contribution in [2.75, 3.05) is 0 Å². The smallest absolute Gasteiger partial charge is 0.117 e. The third kappa shape index (κ3) is 3.41. The first-order valence-corrected chi connectivity index (χ1v) is 11.4. The standard InChI is InChI=1S/C23H26Cl2N2O.C2H6/c1-13-22(3)11-10-19(18-9-8-17(28)12-20(18)25)21(23(22,26)14(2)27-13)15-4-6-16(24)7-5-15;1-2/h4-9,12,14,19,21,27-28H,1,10-11,26H2,2-3H3;1-2H3.